The Balaban J connectivity index is 1.92. The predicted molar refractivity (Wildman–Crippen MR) is 118 cm³/mol. The lowest BCUT2D eigenvalue weighted by Crippen LogP contribution is -2.16. The van der Waals surface area contributed by atoms with E-state index in [-0.39, 0.29) is 26.9 Å². The van der Waals surface area contributed by atoms with Gasteiger partial charge in [-0.15, -0.1) is 0 Å². The maximum Gasteiger partial charge on any atom is 0.283 e. The molecule has 0 aliphatic heterocycles. The van der Waals surface area contributed by atoms with Crippen molar-refractivity contribution in [2.24, 2.45) is 0 Å². The van der Waals surface area contributed by atoms with Crippen molar-refractivity contribution < 1.29 is 28.0 Å². The minimum atomic E-state index is -4.13. The van der Waals surface area contributed by atoms with Gasteiger partial charge in [-0.25, -0.2) is 8.42 Å². The van der Waals surface area contributed by atoms with Gasteiger partial charge in [-0.2, -0.15) is 0 Å². The molecule has 1 amide bonds. The number of anilines is 2. The van der Waals surface area contributed by atoms with Gasteiger partial charge in [-0.3, -0.25) is 19.6 Å². The number of nitro benzene ring substituents is 1. The standard InChI is InChI=1S/C20H16ClN3O7S/c1-31-19-5-3-2-4-15(19)23-32(29,30)13-7-9-18(25)16(11-13)22-20(26)14-8-6-12(21)10-17(14)24(27)28/h2-11,23,25H,1H3,(H,22,26). The van der Waals surface area contributed by atoms with Crippen molar-refractivity contribution >= 4 is 44.6 Å². The van der Waals surface area contributed by atoms with Gasteiger partial charge in [0.15, 0.2) is 0 Å². The quantitative estimate of drug-likeness (QED) is 0.264. The van der Waals surface area contributed by atoms with E-state index < -0.39 is 32.3 Å². The van der Waals surface area contributed by atoms with Crippen LogP contribution in [0.3, 0.4) is 0 Å². The molecule has 0 saturated heterocycles. The van der Waals surface area contributed by atoms with Gasteiger partial charge in [0.25, 0.3) is 21.6 Å². The van der Waals surface area contributed by atoms with Gasteiger partial charge in [-0.05, 0) is 42.5 Å². The molecule has 0 atom stereocenters. The summed E-state index contributed by atoms with van der Waals surface area (Å²) in [6.07, 6.45) is 0. The number of phenolic OH excluding ortho intramolecular Hbond substituents is 1. The molecule has 32 heavy (non-hydrogen) atoms. The number of nitrogens with zero attached hydrogens (tertiary/aromatic N) is 1. The van der Waals surface area contributed by atoms with Crippen LogP contribution in [0.25, 0.3) is 0 Å². The molecule has 0 saturated carbocycles. The molecular weight excluding hydrogens is 462 g/mol. The van der Waals surface area contributed by atoms with E-state index in [1.807, 2.05) is 0 Å². The van der Waals surface area contributed by atoms with Gasteiger partial charge < -0.3 is 15.2 Å². The van der Waals surface area contributed by atoms with Crippen LogP contribution in [0.15, 0.2) is 65.6 Å². The summed E-state index contributed by atoms with van der Waals surface area (Å²) in [5, 5.41) is 23.7. The zero-order valence-corrected chi connectivity index (χ0v) is 18.0. The molecule has 0 bridgehead atoms. The number of amides is 1. The first kappa shape index (κ1) is 22.8. The van der Waals surface area contributed by atoms with Gasteiger partial charge in [0.2, 0.25) is 0 Å². The summed E-state index contributed by atoms with van der Waals surface area (Å²) in [6.45, 7) is 0. The average Bonchev–Trinajstić information content (AvgIpc) is 2.75. The van der Waals surface area contributed by atoms with Crippen LogP contribution in [0.5, 0.6) is 11.5 Å². The van der Waals surface area contributed by atoms with Gasteiger partial charge >= 0.3 is 0 Å². The summed E-state index contributed by atoms with van der Waals surface area (Å²) in [5.74, 6) is -1.08. The van der Waals surface area contributed by atoms with Crippen LogP contribution >= 0.6 is 11.6 Å². The van der Waals surface area contributed by atoms with Gasteiger partial charge in [0.1, 0.15) is 17.1 Å². The Morgan fingerprint density at radius 2 is 1.81 bits per heavy atom. The molecule has 0 aliphatic carbocycles. The average molecular weight is 478 g/mol. The minimum Gasteiger partial charge on any atom is -0.506 e. The van der Waals surface area contributed by atoms with Crippen molar-refractivity contribution in [3.8, 4) is 11.5 Å². The number of phenols is 1. The number of benzene rings is 3. The number of carbonyl (C=O) groups excluding carboxylic acids is 1. The monoisotopic (exact) mass is 477 g/mol. The summed E-state index contributed by atoms with van der Waals surface area (Å²) in [7, 11) is -2.74. The number of methoxy groups -OCH3 is 1. The Bertz CT molecular complexity index is 1310. The molecule has 0 unspecified atom stereocenters. The summed E-state index contributed by atoms with van der Waals surface area (Å²) in [4.78, 5) is 22.8. The second-order valence-corrected chi connectivity index (χ2v) is 8.48. The third-order valence-corrected chi connectivity index (χ3v) is 5.88. The van der Waals surface area contributed by atoms with E-state index in [4.69, 9.17) is 16.3 Å². The first-order valence-electron chi connectivity index (χ1n) is 8.86. The van der Waals surface area contributed by atoms with Crippen LogP contribution in [0, 0.1) is 10.1 Å². The number of carbonyl (C=O) groups is 1. The topological polar surface area (TPSA) is 148 Å². The van der Waals surface area contributed by atoms with Gasteiger partial charge in [0.05, 0.1) is 28.3 Å². The number of hydrogen-bond acceptors (Lipinski definition) is 7. The van der Waals surface area contributed by atoms with Crippen LogP contribution in [0.4, 0.5) is 17.1 Å². The van der Waals surface area contributed by atoms with E-state index >= 15 is 0 Å². The molecule has 12 heteroatoms. The lowest BCUT2D eigenvalue weighted by atomic mass is 10.1. The highest BCUT2D eigenvalue weighted by atomic mass is 35.5. The maximum absolute atomic E-state index is 12.8. The molecule has 0 aliphatic rings. The van der Waals surface area contributed by atoms with Crippen LogP contribution in [0.2, 0.25) is 5.02 Å². The van der Waals surface area contributed by atoms with Crippen molar-refractivity contribution in [2.45, 2.75) is 4.90 Å². The molecule has 10 nitrogen and oxygen atoms in total. The lowest BCUT2D eigenvalue weighted by molar-refractivity contribution is -0.385. The fraction of sp³-hybridized carbons (Fsp3) is 0.0500. The van der Waals surface area contributed by atoms with Crippen LogP contribution in [0.1, 0.15) is 10.4 Å². The Kier molecular flexibility index (Phi) is 6.51. The number of nitro groups is 1. The Morgan fingerprint density at radius 3 is 2.50 bits per heavy atom. The largest absolute Gasteiger partial charge is 0.506 e. The van der Waals surface area contributed by atoms with Crippen molar-refractivity contribution in [3.05, 3.63) is 81.4 Å². The minimum absolute atomic E-state index is 0.0617. The van der Waals surface area contributed by atoms with Crippen molar-refractivity contribution in [1.29, 1.82) is 0 Å². The number of sulfonamides is 1. The van der Waals surface area contributed by atoms with E-state index in [2.05, 4.69) is 10.0 Å². The number of aromatic hydroxyl groups is 1. The molecule has 166 valence electrons. The van der Waals surface area contributed by atoms with Crippen molar-refractivity contribution in [2.75, 3.05) is 17.1 Å². The number of para-hydroxylation sites is 2. The highest BCUT2D eigenvalue weighted by Gasteiger charge is 2.23. The fourth-order valence-electron chi connectivity index (χ4n) is 2.75. The third kappa shape index (κ3) is 4.90. The smallest absolute Gasteiger partial charge is 0.283 e. The number of rotatable bonds is 7. The molecular formula is C20H16ClN3O7S. The molecule has 3 N–H and O–H groups in total. The molecule has 0 spiro atoms. The zero-order valence-electron chi connectivity index (χ0n) is 16.4. The van der Waals surface area contributed by atoms with Crippen LogP contribution in [-0.4, -0.2) is 31.5 Å². The number of ether oxygens (including phenoxy) is 1. The normalized spacial score (nSPS) is 10.9. The third-order valence-electron chi connectivity index (χ3n) is 4.28. The molecule has 3 rings (SSSR count). The number of hydrogen-bond donors (Lipinski definition) is 3. The summed E-state index contributed by atoms with van der Waals surface area (Å²) < 4.78 is 33.1. The lowest BCUT2D eigenvalue weighted by Gasteiger charge is -2.13. The SMILES string of the molecule is COc1ccccc1NS(=O)(=O)c1ccc(O)c(NC(=O)c2ccc(Cl)cc2[N+](=O)[O-])c1. The fourth-order valence-corrected chi connectivity index (χ4v) is 4.02. The van der Waals surface area contributed by atoms with Crippen LogP contribution in [-0.2, 0) is 10.0 Å². The van der Waals surface area contributed by atoms with Crippen molar-refractivity contribution in [3.63, 3.8) is 0 Å². The number of nitrogens with one attached hydrogen (secondary N) is 2. The first-order chi connectivity index (χ1) is 15.1. The van der Waals surface area contributed by atoms with E-state index in [1.54, 1.807) is 18.2 Å². The van der Waals surface area contributed by atoms with Crippen LogP contribution < -0.4 is 14.8 Å². The predicted octanol–water partition coefficient (Wildman–Crippen LogP) is 4.02. The maximum atomic E-state index is 12.8. The molecule has 0 radical (unpaired) electrons. The highest BCUT2D eigenvalue weighted by molar-refractivity contribution is 7.92. The van der Waals surface area contributed by atoms with Gasteiger partial charge in [0, 0.05) is 11.1 Å². The van der Waals surface area contributed by atoms with E-state index in [0.717, 1.165) is 30.3 Å². The second kappa shape index (κ2) is 9.12. The highest BCUT2D eigenvalue weighted by Crippen LogP contribution is 2.31. The van der Waals surface area contributed by atoms with Crippen molar-refractivity contribution in [1.82, 2.24) is 0 Å². The first-order valence-corrected chi connectivity index (χ1v) is 10.7. The summed E-state index contributed by atoms with van der Waals surface area (Å²) in [6, 6.07) is 13.0. The zero-order chi connectivity index (χ0) is 23.5. The van der Waals surface area contributed by atoms with Gasteiger partial charge in [-0.1, -0.05) is 23.7 Å². The summed E-state index contributed by atoms with van der Waals surface area (Å²) in [5.41, 5.74) is -0.942. The molecule has 0 heterocycles. The Hall–Kier alpha value is -3.83. The molecule has 0 aromatic heterocycles. The van der Waals surface area contributed by atoms with E-state index in [1.165, 1.54) is 19.2 Å². The van der Waals surface area contributed by atoms with E-state index in [9.17, 15) is 28.4 Å². The number of halogens is 1. The summed E-state index contributed by atoms with van der Waals surface area (Å²) >= 11 is 5.75. The van der Waals surface area contributed by atoms with E-state index in [0.29, 0.717) is 5.75 Å². The molecule has 0 fully saturated rings. The second-order valence-electron chi connectivity index (χ2n) is 6.36. The molecule has 3 aromatic rings. The Morgan fingerprint density at radius 1 is 1.09 bits per heavy atom. The molecule has 3 aromatic carbocycles. The Labute approximate surface area is 187 Å².